The second-order valence-electron chi connectivity index (χ2n) is 9.95. The molecule has 0 bridgehead atoms. The highest BCUT2D eigenvalue weighted by Crippen LogP contribution is 2.25. The molecule has 0 atom stereocenters. The summed E-state index contributed by atoms with van der Waals surface area (Å²) in [6, 6.07) is 50.8. The normalized spacial score (nSPS) is 10.6. The molecule has 0 unspecified atom stereocenters. The van der Waals surface area contributed by atoms with Crippen LogP contribution in [0.1, 0.15) is 20.7 Å². The molecule has 0 spiro atoms. The van der Waals surface area contributed by atoms with E-state index in [2.05, 4.69) is 10.6 Å². The zero-order valence-electron chi connectivity index (χ0n) is 22.8. The van der Waals surface area contributed by atoms with Crippen LogP contribution in [0.25, 0.3) is 33.4 Å². The second-order valence-corrected chi connectivity index (χ2v) is 9.95. The van der Waals surface area contributed by atoms with Gasteiger partial charge in [0, 0.05) is 22.5 Å². The minimum atomic E-state index is -0.155. The Kier molecular flexibility index (Phi) is 7.69. The van der Waals surface area contributed by atoms with Gasteiger partial charge < -0.3 is 10.6 Å². The van der Waals surface area contributed by atoms with E-state index in [9.17, 15) is 9.59 Å². The van der Waals surface area contributed by atoms with Gasteiger partial charge >= 0.3 is 0 Å². The van der Waals surface area contributed by atoms with E-state index >= 15 is 0 Å². The SMILES string of the molecule is O=C(Nc1ccc(-c2ccc(NC(=O)c3ccc(-c4ccccc4)cc3)cc2)cc1)c1ccc(-c2ccccc2)cc1. The molecule has 202 valence electrons. The first kappa shape index (κ1) is 26.5. The standard InChI is InChI=1S/C38H28N2O2/c41-37(33-15-11-29(12-16-33)27-7-3-1-4-8-27)39-35-23-19-31(20-24-35)32-21-25-36(26-22-32)40-38(42)34-17-13-30(14-18-34)28-9-5-2-6-10-28/h1-26H,(H,39,41)(H,40,42). The summed E-state index contributed by atoms with van der Waals surface area (Å²) in [7, 11) is 0. The number of hydrogen-bond acceptors (Lipinski definition) is 2. The molecule has 4 heteroatoms. The molecule has 0 fully saturated rings. The van der Waals surface area contributed by atoms with Gasteiger partial charge in [0.25, 0.3) is 11.8 Å². The summed E-state index contributed by atoms with van der Waals surface area (Å²) < 4.78 is 0. The quantitative estimate of drug-likeness (QED) is 0.210. The van der Waals surface area contributed by atoms with Gasteiger partial charge in [0.15, 0.2) is 0 Å². The third-order valence-corrected chi connectivity index (χ3v) is 7.13. The molecular formula is C38H28N2O2. The van der Waals surface area contributed by atoms with E-state index in [1.165, 1.54) is 0 Å². The van der Waals surface area contributed by atoms with Gasteiger partial charge in [0.1, 0.15) is 0 Å². The lowest BCUT2D eigenvalue weighted by Crippen LogP contribution is -2.11. The molecule has 2 N–H and O–H groups in total. The van der Waals surface area contributed by atoms with E-state index in [4.69, 9.17) is 0 Å². The van der Waals surface area contributed by atoms with Crippen molar-refractivity contribution in [2.45, 2.75) is 0 Å². The Balaban J connectivity index is 1.05. The highest BCUT2D eigenvalue weighted by atomic mass is 16.2. The van der Waals surface area contributed by atoms with Crippen molar-refractivity contribution in [2.75, 3.05) is 10.6 Å². The van der Waals surface area contributed by atoms with Gasteiger partial charge in [0.2, 0.25) is 0 Å². The minimum Gasteiger partial charge on any atom is -0.322 e. The molecule has 0 aromatic heterocycles. The van der Waals surface area contributed by atoms with E-state index in [0.29, 0.717) is 11.1 Å². The topological polar surface area (TPSA) is 58.2 Å². The van der Waals surface area contributed by atoms with Gasteiger partial charge in [-0.05, 0) is 81.9 Å². The lowest BCUT2D eigenvalue weighted by Gasteiger charge is -2.09. The molecular weight excluding hydrogens is 516 g/mol. The van der Waals surface area contributed by atoms with E-state index in [1.54, 1.807) is 0 Å². The zero-order valence-corrected chi connectivity index (χ0v) is 22.8. The van der Waals surface area contributed by atoms with Crippen LogP contribution in [0.5, 0.6) is 0 Å². The maximum Gasteiger partial charge on any atom is 0.255 e. The van der Waals surface area contributed by atoms with Crippen LogP contribution >= 0.6 is 0 Å². The monoisotopic (exact) mass is 544 g/mol. The fourth-order valence-electron chi connectivity index (χ4n) is 4.79. The summed E-state index contributed by atoms with van der Waals surface area (Å²) in [5.41, 5.74) is 9.03. The minimum absolute atomic E-state index is 0.155. The summed E-state index contributed by atoms with van der Waals surface area (Å²) in [6.07, 6.45) is 0. The Morgan fingerprint density at radius 3 is 0.881 bits per heavy atom. The molecule has 0 aliphatic heterocycles. The van der Waals surface area contributed by atoms with Gasteiger partial charge in [-0.1, -0.05) is 109 Å². The van der Waals surface area contributed by atoms with Crippen molar-refractivity contribution in [3.63, 3.8) is 0 Å². The number of rotatable bonds is 7. The van der Waals surface area contributed by atoms with Crippen molar-refractivity contribution in [3.05, 3.63) is 169 Å². The summed E-state index contributed by atoms with van der Waals surface area (Å²) in [5, 5.41) is 5.94. The lowest BCUT2D eigenvalue weighted by molar-refractivity contribution is 0.101. The fourth-order valence-corrected chi connectivity index (χ4v) is 4.79. The number of hydrogen-bond donors (Lipinski definition) is 2. The molecule has 0 saturated carbocycles. The van der Waals surface area contributed by atoms with Gasteiger partial charge in [-0.15, -0.1) is 0 Å². The van der Waals surface area contributed by atoms with Crippen LogP contribution in [0.4, 0.5) is 11.4 Å². The first-order valence-electron chi connectivity index (χ1n) is 13.8. The summed E-state index contributed by atoms with van der Waals surface area (Å²) >= 11 is 0. The van der Waals surface area contributed by atoms with E-state index in [-0.39, 0.29) is 11.8 Å². The van der Waals surface area contributed by atoms with Crippen LogP contribution in [0, 0.1) is 0 Å². The van der Waals surface area contributed by atoms with Crippen molar-refractivity contribution in [1.82, 2.24) is 0 Å². The van der Waals surface area contributed by atoms with Crippen LogP contribution in [0.2, 0.25) is 0 Å². The van der Waals surface area contributed by atoms with Crippen LogP contribution < -0.4 is 10.6 Å². The largest absolute Gasteiger partial charge is 0.322 e. The molecule has 0 aliphatic rings. The van der Waals surface area contributed by atoms with Crippen molar-refractivity contribution in [3.8, 4) is 33.4 Å². The molecule has 4 nitrogen and oxygen atoms in total. The Bertz CT molecular complexity index is 1660. The number of anilines is 2. The summed E-state index contributed by atoms with van der Waals surface area (Å²) in [5.74, 6) is -0.311. The van der Waals surface area contributed by atoms with Crippen LogP contribution in [-0.2, 0) is 0 Å². The second kappa shape index (κ2) is 12.2. The first-order chi connectivity index (χ1) is 20.6. The Labute approximate surface area is 245 Å². The molecule has 0 saturated heterocycles. The molecule has 0 heterocycles. The molecule has 0 aliphatic carbocycles. The zero-order chi connectivity index (χ0) is 28.7. The van der Waals surface area contributed by atoms with Gasteiger partial charge in [-0.2, -0.15) is 0 Å². The van der Waals surface area contributed by atoms with Crippen molar-refractivity contribution in [1.29, 1.82) is 0 Å². The van der Waals surface area contributed by atoms with Gasteiger partial charge in [-0.25, -0.2) is 0 Å². The Hall–Kier alpha value is -5.74. The predicted molar refractivity (Wildman–Crippen MR) is 172 cm³/mol. The smallest absolute Gasteiger partial charge is 0.255 e. The summed E-state index contributed by atoms with van der Waals surface area (Å²) in [6.45, 7) is 0. The Morgan fingerprint density at radius 1 is 0.310 bits per heavy atom. The van der Waals surface area contributed by atoms with Crippen molar-refractivity contribution in [2.24, 2.45) is 0 Å². The molecule has 6 aromatic carbocycles. The average molecular weight is 545 g/mol. The molecule has 42 heavy (non-hydrogen) atoms. The number of carbonyl (C=O) groups excluding carboxylic acids is 2. The van der Waals surface area contributed by atoms with Crippen LogP contribution in [0.15, 0.2) is 158 Å². The number of benzene rings is 6. The predicted octanol–water partition coefficient (Wildman–Crippen LogP) is 9.19. The first-order valence-corrected chi connectivity index (χ1v) is 13.8. The van der Waals surface area contributed by atoms with Crippen LogP contribution in [-0.4, -0.2) is 11.8 Å². The number of nitrogens with one attached hydrogen (secondary N) is 2. The molecule has 6 rings (SSSR count). The maximum absolute atomic E-state index is 12.8. The average Bonchev–Trinajstić information content (AvgIpc) is 3.06. The van der Waals surface area contributed by atoms with Crippen LogP contribution in [0.3, 0.4) is 0 Å². The summed E-state index contributed by atoms with van der Waals surface area (Å²) in [4.78, 5) is 25.6. The maximum atomic E-state index is 12.8. The molecule has 6 aromatic rings. The molecule has 2 amide bonds. The fraction of sp³-hybridized carbons (Fsp3) is 0. The van der Waals surface area contributed by atoms with Crippen molar-refractivity contribution >= 4 is 23.2 Å². The van der Waals surface area contributed by atoms with E-state index < -0.39 is 0 Å². The number of amides is 2. The molecule has 0 radical (unpaired) electrons. The third-order valence-electron chi connectivity index (χ3n) is 7.13. The highest BCUT2D eigenvalue weighted by molar-refractivity contribution is 6.05. The van der Waals surface area contributed by atoms with Gasteiger partial charge in [-0.3, -0.25) is 9.59 Å². The third kappa shape index (κ3) is 6.19. The van der Waals surface area contributed by atoms with Crippen molar-refractivity contribution < 1.29 is 9.59 Å². The lowest BCUT2D eigenvalue weighted by atomic mass is 10.0. The van der Waals surface area contributed by atoms with Gasteiger partial charge in [0.05, 0.1) is 0 Å². The van der Waals surface area contributed by atoms with E-state index in [0.717, 1.165) is 44.8 Å². The Morgan fingerprint density at radius 2 is 0.571 bits per heavy atom. The highest BCUT2D eigenvalue weighted by Gasteiger charge is 2.09. The number of carbonyl (C=O) groups is 2. The van der Waals surface area contributed by atoms with E-state index in [1.807, 2.05) is 158 Å².